The number of hydrogen-bond donors (Lipinski definition) is 6. The largest absolute Gasteiger partial charge is 0.394 e. The first-order valence-corrected chi connectivity index (χ1v) is 10.6. The summed E-state index contributed by atoms with van der Waals surface area (Å²) in [6.07, 6.45) is -2.36. The van der Waals surface area contributed by atoms with Crippen LogP contribution in [0.2, 0.25) is 0 Å². The third-order valence-corrected chi connectivity index (χ3v) is 6.19. The van der Waals surface area contributed by atoms with Gasteiger partial charge >= 0.3 is 0 Å². The highest BCUT2D eigenvalue weighted by atomic mass is 32.2. The molecule has 11 heteroatoms. The molecule has 1 saturated heterocycles. The molecule has 7 nitrogen and oxygen atoms in total. The number of halogens is 3. The van der Waals surface area contributed by atoms with E-state index in [9.17, 15) is 28.5 Å². The number of hydrazine groups is 1. The number of rotatable bonds is 7. The number of benzene rings is 2. The van der Waals surface area contributed by atoms with E-state index in [4.69, 9.17) is 10.6 Å². The van der Waals surface area contributed by atoms with Gasteiger partial charge in [-0.15, -0.1) is 0 Å². The summed E-state index contributed by atoms with van der Waals surface area (Å²) >= 11 is 1.21. The van der Waals surface area contributed by atoms with E-state index in [1.165, 1.54) is 18.0 Å². The summed E-state index contributed by atoms with van der Waals surface area (Å²) in [6.45, 7) is 1.43. The molecular weight excluding hydrogens is 447 g/mol. The maximum Gasteiger partial charge on any atom is 0.194 e. The van der Waals surface area contributed by atoms with Crippen LogP contribution in [-0.2, 0) is 4.74 Å². The molecule has 7 N–H and O–H groups in total. The Kier molecular flexibility index (Phi) is 8.04. The second-order valence-electron chi connectivity index (χ2n) is 7.29. The smallest absolute Gasteiger partial charge is 0.194 e. The summed E-state index contributed by atoms with van der Waals surface area (Å²) in [5.41, 5.74) is 2.33. The van der Waals surface area contributed by atoms with E-state index < -0.39 is 53.8 Å². The summed E-state index contributed by atoms with van der Waals surface area (Å²) in [6, 6.07) is 7.96. The molecule has 2 aromatic rings. The molecular formula is C21H24F3N3O4S. The van der Waals surface area contributed by atoms with E-state index in [-0.39, 0.29) is 11.3 Å². The Labute approximate surface area is 187 Å². The standard InChI is InChI=1S/C21H24F3N3O4S/c1-10-2-4-12(5-3-10)32-21-20(30)18(19(29)16(9-28)31-21)26-8-15(27-25)11-6-13(22)17(24)14(23)7-11/h2-8,16,18-21,26-30H,9,25H2,1H3. The third kappa shape index (κ3) is 5.37. The SMILES string of the molecule is Cc1ccc(SC2OC(CO)C(O)C(NC=C(NN)c3cc(F)c(F)c(F)c3)C2O)cc1. The van der Waals surface area contributed by atoms with Crippen LogP contribution < -0.4 is 16.6 Å². The number of aliphatic hydroxyl groups is 3. The minimum absolute atomic E-state index is 0.0306. The first-order chi connectivity index (χ1) is 15.2. The van der Waals surface area contributed by atoms with Gasteiger partial charge in [0.25, 0.3) is 0 Å². The van der Waals surface area contributed by atoms with Gasteiger partial charge < -0.3 is 30.8 Å². The average molecular weight is 472 g/mol. The Morgan fingerprint density at radius 1 is 1.12 bits per heavy atom. The molecule has 0 aromatic heterocycles. The van der Waals surface area contributed by atoms with Crippen LogP contribution in [0.1, 0.15) is 11.1 Å². The van der Waals surface area contributed by atoms with Crippen LogP contribution in [0, 0.1) is 24.4 Å². The summed E-state index contributed by atoms with van der Waals surface area (Å²) < 4.78 is 46.1. The van der Waals surface area contributed by atoms with Crippen molar-refractivity contribution in [2.75, 3.05) is 6.61 Å². The monoisotopic (exact) mass is 471 g/mol. The first-order valence-electron chi connectivity index (χ1n) is 9.68. The molecule has 1 aliphatic heterocycles. The zero-order valence-corrected chi connectivity index (χ0v) is 17.8. The second-order valence-corrected chi connectivity index (χ2v) is 8.46. The zero-order chi connectivity index (χ0) is 23.4. The van der Waals surface area contributed by atoms with Crippen LogP contribution in [0.15, 0.2) is 47.5 Å². The molecule has 2 aromatic carbocycles. The van der Waals surface area contributed by atoms with E-state index in [1.807, 2.05) is 31.2 Å². The predicted molar refractivity (Wildman–Crippen MR) is 113 cm³/mol. The van der Waals surface area contributed by atoms with Crippen molar-refractivity contribution in [3.63, 3.8) is 0 Å². The van der Waals surface area contributed by atoms with Crippen molar-refractivity contribution in [2.45, 2.75) is 41.6 Å². The molecule has 32 heavy (non-hydrogen) atoms. The van der Waals surface area contributed by atoms with Gasteiger partial charge in [0.15, 0.2) is 17.5 Å². The minimum atomic E-state index is -1.62. The second kappa shape index (κ2) is 10.6. The van der Waals surface area contributed by atoms with Crippen LogP contribution in [0.25, 0.3) is 5.70 Å². The minimum Gasteiger partial charge on any atom is -0.394 e. The highest BCUT2D eigenvalue weighted by Crippen LogP contribution is 2.33. The van der Waals surface area contributed by atoms with Crippen molar-refractivity contribution in [3.8, 4) is 0 Å². The summed E-state index contributed by atoms with van der Waals surface area (Å²) in [7, 11) is 0. The van der Waals surface area contributed by atoms with Crippen LogP contribution in [0.3, 0.4) is 0 Å². The number of aliphatic hydroxyl groups excluding tert-OH is 3. The maximum absolute atomic E-state index is 13.6. The first kappa shape index (κ1) is 24.4. The Balaban J connectivity index is 1.82. The van der Waals surface area contributed by atoms with E-state index in [1.54, 1.807) is 0 Å². The van der Waals surface area contributed by atoms with E-state index >= 15 is 0 Å². The van der Waals surface area contributed by atoms with Crippen molar-refractivity contribution < 1.29 is 33.2 Å². The molecule has 5 atom stereocenters. The van der Waals surface area contributed by atoms with Crippen molar-refractivity contribution in [1.29, 1.82) is 0 Å². The Hall–Kier alpha value is -2.28. The molecule has 3 rings (SSSR count). The molecule has 0 spiro atoms. The van der Waals surface area contributed by atoms with Crippen LogP contribution in [-0.4, -0.2) is 51.7 Å². The number of ether oxygens (including phenoxy) is 1. The quantitative estimate of drug-likeness (QED) is 0.204. The van der Waals surface area contributed by atoms with Gasteiger partial charge in [0.1, 0.15) is 23.7 Å². The normalized spacial score (nSPS) is 26.1. The number of aryl methyl sites for hydroxylation is 1. The Morgan fingerprint density at radius 3 is 2.31 bits per heavy atom. The highest BCUT2D eigenvalue weighted by molar-refractivity contribution is 7.99. The molecule has 1 heterocycles. The molecule has 1 fully saturated rings. The number of nitrogens with one attached hydrogen (secondary N) is 2. The van der Waals surface area contributed by atoms with Crippen molar-refractivity contribution in [1.82, 2.24) is 10.7 Å². The lowest BCUT2D eigenvalue weighted by atomic mass is 9.97. The number of nitrogens with two attached hydrogens (primary N) is 1. The fraction of sp³-hybridized carbons (Fsp3) is 0.333. The molecule has 0 bridgehead atoms. The van der Waals surface area contributed by atoms with Gasteiger partial charge in [-0.1, -0.05) is 29.5 Å². The number of hydrogen-bond acceptors (Lipinski definition) is 8. The molecule has 0 aliphatic carbocycles. The van der Waals surface area contributed by atoms with Crippen LogP contribution in [0.5, 0.6) is 0 Å². The van der Waals surface area contributed by atoms with E-state index in [0.717, 1.165) is 22.6 Å². The lowest BCUT2D eigenvalue weighted by molar-refractivity contribution is -0.164. The molecule has 0 amide bonds. The van der Waals surface area contributed by atoms with Crippen LogP contribution in [0.4, 0.5) is 13.2 Å². The van der Waals surface area contributed by atoms with E-state index in [2.05, 4.69) is 10.7 Å². The summed E-state index contributed by atoms with van der Waals surface area (Å²) in [4.78, 5) is 0.809. The maximum atomic E-state index is 13.6. The fourth-order valence-electron chi connectivity index (χ4n) is 3.23. The lowest BCUT2D eigenvalue weighted by Crippen LogP contribution is -2.62. The molecule has 174 valence electrons. The highest BCUT2D eigenvalue weighted by Gasteiger charge is 2.44. The van der Waals surface area contributed by atoms with Gasteiger partial charge in [0, 0.05) is 16.7 Å². The zero-order valence-electron chi connectivity index (χ0n) is 17.0. The van der Waals surface area contributed by atoms with Crippen LogP contribution >= 0.6 is 11.8 Å². The van der Waals surface area contributed by atoms with Crippen molar-refractivity contribution >= 4 is 17.5 Å². The summed E-state index contributed by atoms with van der Waals surface area (Å²) in [5, 5.41) is 33.7. The topological polar surface area (TPSA) is 120 Å². The van der Waals surface area contributed by atoms with Gasteiger partial charge in [-0.2, -0.15) is 0 Å². The van der Waals surface area contributed by atoms with Gasteiger partial charge in [-0.3, -0.25) is 5.84 Å². The Morgan fingerprint density at radius 2 is 1.75 bits per heavy atom. The molecule has 5 unspecified atom stereocenters. The van der Waals surface area contributed by atoms with Gasteiger partial charge in [-0.25, -0.2) is 13.2 Å². The van der Waals surface area contributed by atoms with Gasteiger partial charge in [0.05, 0.1) is 18.3 Å². The molecule has 0 radical (unpaired) electrons. The lowest BCUT2D eigenvalue weighted by Gasteiger charge is -2.42. The van der Waals surface area contributed by atoms with Crippen molar-refractivity contribution in [3.05, 3.63) is 71.2 Å². The molecule has 1 aliphatic rings. The van der Waals surface area contributed by atoms with Gasteiger partial charge in [0.2, 0.25) is 0 Å². The Bertz CT molecular complexity index is 941. The predicted octanol–water partition coefficient (Wildman–Crippen LogP) is 1.36. The molecule has 0 saturated carbocycles. The summed E-state index contributed by atoms with van der Waals surface area (Å²) in [5.74, 6) is 1.02. The van der Waals surface area contributed by atoms with Crippen molar-refractivity contribution in [2.24, 2.45) is 5.84 Å². The third-order valence-electron chi connectivity index (χ3n) is 5.03. The fourth-order valence-corrected chi connectivity index (χ4v) is 4.30. The number of thioether (sulfide) groups is 1. The average Bonchev–Trinajstić information content (AvgIpc) is 2.77. The van der Waals surface area contributed by atoms with Gasteiger partial charge in [-0.05, 0) is 31.2 Å². The van der Waals surface area contributed by atoms with E-state index in [0.29, 0.717) is 0 Å².